The van der Waals surface area contributed by atoms with Crippen LogP contribution in [-0.4, -0.2) is 24.3 Å². The molecule has 2 aromatic carbocycles. The van der Waals surface area contributed by atoms with Gasteiger partial charge in [0, 0.05) is 4.88 Å². The van der Waals surface area contributed by atoms with E-state index in [2.05, 4.69) is 0 Å². The molecule has 0 aliphatic rings. The van der Waals surface area contributed by atoms with E-state index in [0.717, 1.165) is 27.5 Å². The Morgan fingerprint density at radius 3 is 2.33 bits per heavy atom. The molecule has 1 aromatic heterocycles. The fraction of sp³-hybridized carbons (Fsp3) is 0.227. The quantitative estimate of drug-likeness (QED) is 0.534. The number of benzene rings is 2. The molecule has 4 nitrogen and oxygen atoms in total. The highest BCUT2D eigenvalue weighted by Crippen LogP contribution is 2.27. The summed E-state index contributed by atoms with van der Waals surface area (Å²) in [4.78, 5) is 12.5. The fourth-order valence-corrected chi connectivity index (χ4v) is 3.64. The van der Waals surface area contributed by atoms with Gasteiger partial charge in [0.25, 0.3) is 0 Å². The summed E-state index contributed by atoms with van der Waals surface area (Å²) in [6, 6.07) is 19.2. The third-order valence-corrected chi connectivity index (χ3v) is 5.12. The van der Waals surface area contributed by atoms with E-state index in [4.69, 9.17) is 9.47 Å². The molecule has 0 saturated carbocycles. The van der Waals surface area contributed by atoms with Gasteiger partial charge < -0.3 is 14.6 Å². The van der Waals surface area contributed by atoms with Gasteiger partial charge in [-0.15, -0.1) is 11.3 Å². The van der Waals surface area contributed by atoms with Crippen molar-refractivity contribution < 1.29 is 19.4 Å². The molecular formula is C22H22O4S. The van der Waals surface area contributed by atoms with Crippen molar-refractivity contribution >= 4 is 17.3 Å². The lowest BCUT2D eigenvalue weighted by molar-refractivity contribution is -0.138. The molecule has 140 valence electrons. The molecular weight excluding hydrogens is 360 g/mol. The van der Waals surface area contributed by atoms with Crippen molar-refractivity contribution in [1.29, 1.82) is 0 Å². The van der Waals surface area contributed by atoms with Crippen LogP contribution in [0.4, 0.5) is 0 Å². The molecule has 0 aliphatic heterocycles. The van der Waals surface area contributed by atoms with Crippen LogP contribution in [0.2, 0.25) is 0 Å². The molecule has 0 bridgehead atoms. The van der Waals surface area contributed by atoms with E-state index in [0.29, 0.717) is 19.6 Å². The van der Waals surface area contributed by atoms with Gasteiger partial charge in [0.15, 0.2) is 0 Å². The molecule has 0 spiro atoms. The van der Waals surface area contributed by atoms with Crippen LogP contribution in [0.3, 0.4) is 0 Å². The van der Waals surface area contributed by atoms with Gasteiger partial charge in [-0.3, -0.25) is 4.79 Å². The highest BCUT2D eigenvalue weighted by Gasteiger charge is 2.21. The lowest BCUT2D eigenvalue weighted by Crippen LogP contribution is -2.13. The van der Waals surface area contributed by atoms with Crippen LogP contribution in [0.25, 0.3) is 0 Å². The average Bonchev–Trinajstić information content (AvgIpc) is 3.18. The Balaban J connectivity index is 1.54. The molecule has 5 heteroatoms. The van der Waals surface area contributed by atoms with E-state index in [9.17, 15) is 9.90 Å². The number of aliphatic carboxylic acids is 1. The number of carboxylic acid groups (broad SMARTS) is 1. The zero-order chi connectivity index (χ0) is 19.1. The predicted octanol–water partition coefficient (Wildman–Crippen LogP) is 4.93. The largest absolute Gasteiger partial charge is 0.490 e. The molecule has 1 atom stereocenters. The number of carboxylic acids is 1. The van der Waals surface area contributed by atoms with Gasteiger partial charge in [-0.25, -0.2) is 0 Å². The van der Waals surface area contributed by atoms with Gasteiger partial charge >= 0.3 is 5.97 Å². The Morgan fingerprint density at radius 2 is 1.70 bits per heavy atom. The van der Waals surface area contributed by atoms with Crippen LogP contribution in [0.15, 0.2) is 66.0 Å². The molecule has 1 unspecified atom stereocenters. The number of hydrogen-bond donors (Lipinski definition) is 1. The summed E-state index contributed by atoms with van der Waals surface area (Å²) < 4.78 is 11.4. The van der Waals surface area contributed by atoms with Crippen molar-refractivity contribution in [2.75, 3.05) is 13.2 Å². The summed E-state index contributed by atoms with van der Waals surface area (Å²) >= 11 is 1.47. The standard InChI is InChI=1S/C22H22O4S/c1-16-5-2-7-18(13-16)25-10-11-26-19-8-3-6-17(14-19)15-20(22(23)24)21-9-4-12-27-21/h2-9,12-14,20H,10-11,15H2,1H3,(H,23,24). The van der Waals surface area contributed by atoms with Crippen molar-refractivity contribution in [3.63, 3.8) is 0 Å². The maximum absolute atomic E-state index is 11.6. The second-order valence-electron chi connectivity index (χ2n) is 6.27. The van der Waals surface area contributed by atoms with Crippen LogP contribution in [0.5, 0.6) is 11.5 Å². The fourth-order valence-electron chi connectivity index (χ4n) is 2.82. The first-order chi connectivity index (χ1) is 13.1. The van der Waals surface area contributed by atoms with Gasteiger partial charge in [-0.2, -0.15) is 0 Å². The first-order valence-corrected chi connectivity index (χ1v) is 9.67. The van der Waals surface area contributed by atoms with Crippen molar-refractivity contribution in [2.24, 2.45) is 0 Å². The summed E-state index contributed by atoms with van der Waals surface area (Å²) in [5, 5.41) is 11.4. The van der Waals surface area contributed by atoms with Crippen molar-refractivity contribution in [2.45, 2.75) is 19.3 Å². The number of hydrogen-bond acceptors (Lipinski definition) is 4. The molecule has 0 aliphatic carbocycles. The van der Waals surface area contributed by atoms with Crippen LogP contribution in [0.1, 0.15) is 21.9 Å². The third kappa shape index (κ3) is 5.59. The van der Waals surface area contributed by atoms with E-state index < -0.39 is 11.9 Å². The van der Waals surface area contributed by atoms with Crippen LogP contribution < -0.4 is 9.47 Å². The van der Waals surface area contributed by atoms with Crippen LogP contribution in [-0.2, 0) is 11.2 Å². The van der Waals surface area contributed by atoms with Gasteiger partial charge in [0.1, 0.15) is 24.7 Å². The summed E-state index contributed by atoms with van der Waals surface area (Å²) in [5.74, 6) is 0.198. The van der Waals surface area contributed by atoms with Crippen molar-refractivity contribution in [1.82, 2.24) is 0 Å². The topological polar surface area (TPSA) is 55.8 Å². The molecule has 3 aromatic rings. The van der Waals surface area contributed by atoms with E-state index in [1.54, 1.807) is 0 Å². The Morgan fingerprint density at radius 1 is 1.00 bits per heavy atom. The SMILES string of the molecule is Cc1cccc(OCCOc2cccc(CC(C(=O)O)c3cccs3)c2)c1. The average molecular weight is 382 g/mol. The Labute approximate surface area is 163 Å². The normalized spacial score (nSPS) is 11.7. The highest BCUT2D eigenvalue weighted by atomic mass is 32.1. The van der Waals surface area contributed by atoms with E-state index in [1.165, 1.54) is 11.3 Å². The molecule has 3 rings (SSSR count). The molecule has 0 radical (unpaired) electrons. The summed E-state index contributed by atoms with van der Waals surface area (Å²) in [6.07, 6.45) is 0.437. The first kappa shape index (κ1) is 19.0. The van der Waals surface area contributed by atoms with E-state index in [-0.39, 0.29) is 0 Å². The van der Waals surface area contributed by atoms with Crippen molar-refractivity contribution in [3.05, 3.63) is 82.0 Å². The molecule has 0 amide bonds. The van der Waals surface area contributed by atoms with Gasteiger partial charge in [-0.1, -0.05) is 30.3 Å². The number of aryl methyl sites for hydroxylation is 1. The van der Waals surface area contributed by atoms with E-state index in [1.807, 2.05) is 73.0 Å². The van der Waals surface area contributed by atoms with Crippen molar-refractivity contribution in [3.8, 4) is 11.5 Å². The molecule has 1 heterocycles. The van der Waals surface area contributed by atoms with E-state index >= 15 is 0 Å². The molecule has 27 heavy (non-hydrogen) atoms. The molecule has 1 N–H and O–H groups in total. The highest BCUT2D eigenvalue weighted by molar-refractivity contribution is 7.10. The summed E-state index contributed by atoms with van der Waals surface area (Å²) in [6.45, 7) is 2.89. The minimum atomic E-state index is -0.810. The molecule has 0 saturated heterocycles. The monoisotopic (exact) mass is 382 g/mol. The number of rotatable bonds is 9. The van der Waals surface area contributed by atoms with Gasteiger partial charge in [-0.05, 0) is 60.2 Å². The zero-order valence-electron chi connectivity index (χ0n) is 15.1. The third-order valence-electron chi connectivity index (χ3n) is 4.13. The van der Waals surface area contributed by atoms with Crippen LogP contribution in [0, 0.1) is 6.92 Å². The Bertz CT molecular complexity index is 874. The second-order valence-corrected chi connectivity index (χ2v) is 7.25. The number of carbonyl (C=O) groups is 1. The lowest BCUT2D eigenvalue weighted by atomic mass is 9.98. The number of ether oxygens (including phenoxy) is 2. The first-order valence-electron chi connectivity index (χ1n) is 8.79. The van der Waals surface area contributed by atoms with Gasteiger partial charge in [0.05, 0.1) is 5.92 Å². The molecule has 0 fully saturated rings. The Hall–Kier alpha value is -2.79. The lowest BCUT2D eigenvalue weighted by Gasteiger charge is -2.13. The predicted molar refractivity (Wildman–Crippen MR) is 107 cm³/mol. The Kier molecular flexibility index (Phi) is 6.49. The van der Waals surface area contributed by atoms with Gasteiger partial charge in [0.2, 0.25) is 0 Å². The maximum Gasteiger partial charge on any atom is 0.312 e. The minimum absolute atomic E-state index is 0.421. The summed E-state index contributed by atoms with van der Waals surface area (Å²) in [5.41, 5.74) is 2.09. The minimum Gasteiger partial charge on any atom is -0.490 e. The van der Waals surface area contributed by atoms with Crippen LogP contribution >= 0.6 is 11.3 Å². The smallest absolute Gasteiger partial charge is 0.312 e. The maximum atomic E-state index is 11.6. The zero-order valence-corrected chi connectivity index (χ0v) is 15.9. The number of thiophene rings is 1. The summed E-state index contributed by atoms with van der Waals surface area (Å²) in [7, 11) is 0. The second kappa shape index (κ2) is 9.24.